The van der Waals surface area contributed by atoms with Gasteiger partial charge in [-0.05, 0) is 61.7 Å². The molecular weight excluding hydrogens is 329 g/mol. The number of hydrogen-bond donors (Lipinski definition) is 2. The SMILES string of the molecule is COc1ccc(Nc2ccc3c(c2)N(C)CC3C2CCNCC2)cc1F. The van der Waals surface area contributed by atoms with Gasteiger partial charge in [0.1, 0.15) is 0 Å². The second kappa shape index (κ2) is 7.16. The molecule has 1 atom stereocenters. The first-order chi connectivity index (χ1) is 12.7. The average Bonchev–Trinajstić information content (AvgIpc) is 2.99. The molecule has 0 spiro atoms. The summed E-state index contributed by atoms with van der Waals surface area (Å²) in [5, 5.41) is 6.77. The van der Waals surface area contributed by atoms with Gasteiger partial charge in [-0.15, -0.1) is 0 Å². The Kier molecular flexibility index (Phi) is 4.72. The highest BCUT2D eigenvalue weighted by Gasteiger charge is 2.33. The van der Waals surface area contributed by atoms with Crippen LogP contribution in [0.3, 0.4) is 0 Å². The van der Waals surface area contributed by atoms with E-state index in [0.29, 0.717) is 5.92 Å². The molecule has 0 radical (unpaired) electrons. The van der Waals surface area contributed by atoms with Crippen molar-refractivity contribution in [3.63, 3.8) is 0 Å². The van der Waals surface area contributed by atoms with Gasteiger partial charge in [0.2, 0.25) is 0 Å². The molecule has 2 N–H and O–H groups in total. The lowest BCUT2D eigenvalue weighted by Gasteiger charge is -2.28. The number of nitrogens with one attached hydrogen (secondary N) is 2. The molecule has 26 heavy (non-hydrogen) atoms. The lowest BCUT2D eigenvalue weighted by Crippen LogP contribution is -2.32. The number of fused-ring (bicyclic) bond motifs is 1. The summed E-state index contributed by atoms with van der Waals surface area (Å²) in [7, 11) is 3.64. The van der Waals surface area contributed by atoms with Crippen molar-refractivity contribution in [1.82, 2.24) is 5.32 Å². The van der Waals surface area contributed by atoms with Crippen molar-refractivity contribution in [1.29, 1.82) is 0 Å². The highest BCUT2D eigenvalue weighted by atomic mass is 19.1. The minimum atomic E-state index is -0.359. The third kappa shape index (κ3) is 3.23. The van der Waals surface area contributed by atoms with E-state index >= 15 is 0 Å². The second-order valence-corrected chi connectivity index (χ2v) is 7.32. The van der Waals surface area contributed by atoms with Gasteiger partial charge in [-0.25, -0.2) is 4.39 Å². The van der Waals surface area contributed by atoms with Crippen molar-refractivity contribution in [2.24, 2.45) is 5.92 Å². The molecule has 2 heterocycles. The quantitative estimate of drug-likeness (QED) is 0.865. The van der Waals surface area contributed by atoms with Crippen LogP contribution in [-0.2, 0) is 0 Å². The molecule has 138 valence electrons. The largest absolute Gasteiger partial charge is 0.494 e. The van der Waals surface area contributed by atoms with Crippen LogP contribution >= 0.6 is 0 Å². The first-order valence-electron chi connectivity index (χ1n) is 9.32. The van der Waals surface area contributed by atoms with Crippen molar-refractivity contribution in [2.45, 2.75) is 18.8 Å². The predicted octanol–water partition coefficient (Wildman–Crippen LogP) is 4.11. The van der Waals surface area contributed by atoms with Crippen LogP contribution in [0.1, 0.15) is 24.3 Å². The molecule has 4 rings (SSSR count). The summed E-state index contributed by atoms with van der Waals surface area (Å²) < 4.78 is 18.9. The van der Waals surface area contributed by atoms with Gasteiger partial charge >= 0.3 is 0 Å². The van der Waals surface area contributed by atoms with Crippen LogP contribution in [0.4, 0.5) is 21.5 Å². The molecule has 0 amide bonds. The maximum absolute atomic E-state index is 13.9. The van der Waals surface area contributed by atoms with Crippen molar-refractivity contribution in [3.8, 4) is 5.75 Å². The van der Waals surface area contributed by atoms with E-state index in [0.717, 1.165) is 36.9 Å². The Morgan fingerprint density at radius 3 is 2.58 bits per heavy atom. The maximum atomic E-state index is 13.9. The van der Waals surface area contributed by atoms with E-state index < -0.39 is 0 Å². The van der Waals surface area contributed by atoms with Crippen molar-refractivity contribution in [2.75, 3.05) is 44.0 Å². The third-order valence-electron chi connectivity index (χ3n) is 5.71. The maximum Gasteiger partial charge on any atom is 0.167 e. The van der Waals surface area contributed by atoms with Gasteiger partial charge in [-0.3, -0.25) is 0 Å². The van der Waals surface area contributed by atoms with Gasteiger partial charge in [-0.2, -0.15) is 0 Å². The molecule has 2 aromatic rings. The minimum Gasteiger partial charge on any atom is -0.494 e. The van der Waals surface area contributed by atoms with Crippen LogP contribution < -0.4 is 20.3 Å². The first-order valence-corrected chi connectivity index (χ1v) is 9.32. The predicted molar refractivity (Wildman–Crippen MR) is 104 cm³/mol. The van der Waals surface area contributed by atoms with Crippen LogP contribution in [0.2, 0.25) is 0 Å². The number of halogens is 1. The lowest BCUT2D eigenvalue weighted by atomic mass is 9.81. The molecule has 2 aliphatic rings. The monoisotopic (exact) mass is 355 g/mol. The fourth-order valence-corrected chi connectivity index (χ4v) is 4.32. The highest BCUT2D eigenvalue weighted by Crippen LogP contribution is 2.43. The zero-order chi connectivity index (χ0) is 18.1. The van der Waals surface area contributed by atoms with E-state index in [1.165, 1.54) is 37.3 Å². The Bertz CT molecular complexity index is 789. The Labute approximate surface area is 154 Å². The normalized spacial score (nSPS) is 20.1. The van der Waals surface area contributed by atoms with Crippen LogP contribution in [0.5, 0.6) is 5.75 Å². The van der Waals surface area contributed by atoms with E-state index in [1.807, 2.05) is 6.07 Å². The molecule has 4 nitrogen and oxygen atoms in total. The van der Waals surface area contributed by atoms with E-state index in [-0.39, 0.29) is 11.6 Å². The van der Waals surface area contributed by atoms with E-state index in [2.05, 4.69) is 40.8 Å². The van der Waals surface area contributed by atoms with E-state index in [9.17, 15) is 4.39 Å². The number of likely N-dealkylation sites (N-methyl/N-ethyl adjacent to an activating group) is 1. The van der Waals surface area contributed by atoms with Gasteiger partial charge in [0.15, 0.2) is 11.6 Å². The van der Waals surface area contributed by atoms with Crippen molar-refractivity contribution >= 4 is 17.1 Å². The van der Waals surface area contributed by atoms with Crippen molar-refractivity contribution in [3.05, 3.63) is 47.8 Å². The van der Waals surface area contributed by atoms with Crippen LogP contribution in [0.15, 0.2) is 36.4 Å². The highest BCUT2D eigenvalue weighted by molar-refractivity contribution is 5.70. The first kappa shape index (κ1) is 17.2. The summed E-state index contributed by atoms with van der Waals surface area (Å²) in [5.41, 5.74) is 4.43. The summed E-state index contributed by atoms with van der Waals surface area (Å²) in [6.45, 7) is 3.34. The van der Waals surface area contributed by atoms with Gasteiger partial charge in [0.05, 0.1) is 7.11 Å². The number of hydrogen-bond acceptors (Lipinski definition) is 4. The Hall–Kier alpha value is -2.27. The topological polar surface area (TPSA) is 36.5 Å². The van der Waals surface area contributed by atoms with E-state index in [4.69, 9.17) is 4.74 Å². The van der Waals surface area contributed by atoms with E-state index in [1.54, 1.807) is 6.07 Å². The van der Waals surface area contributed by atoms with Crippen LogP contribution in [0, 0.1) is 11.7 Å². The summed E-state index contributed by atoms with van der Waals surface area (Å²) in [4.78, 5) is 2.35. The molecule has 0 saturated carbocycles. The van der Waals surface area contributed by atoms with Gasteiger partial charge in [0, 0.05) is 42.6 Å². The van der Waals surface area contributed by atoms with Gasteiger partial charge in [-0.1, -0.05) is 6.07 Å². The summed E-state index contributed by atoms with van der Waals surface area (Å²) in [5.74, 6) is 1.27. The Morgan fingerprint density at radius 1 is 1.12 bits per heavy atom. The number of methoxy groups -OCH3 is 1. The molecule has 0 aromatic heterocycles. The number of ether oxygens (including phenoxy) is 1. The minimum absolute atomic E-state index is 0.258. The molecular formula is C21H26FN3O. The standard InChI is InChI=1S/C21H26FN3O/c1-25-13-18(14-7-9-23-10-8-14)17-5-3-16(12-20(17)25)24-15-4-6-21(26-2)19(22)11-15/h3-6,11-12,14,18,23-24H,7-10,13H2,1-2H3. The smallest absolute Gasteiger partial charge is 0.167 e. The molecule has 0 aliphatic carbocycles. The summed E-state index contributed by atoms with van der Waals surface area (Å²) >= 11 is 0. The number of rotatable bonds is 4. The average molecular weight is 355 g/mol. The number of benzene rings is 2. The van der Waals surface area contributed by atoms with Crippen LogP contribution in [0.25, 0.3) is 0 Å². The summed E-state index contributed by atoms with van der Waals surface area (Å²) in [6, 6.07) is 11.5. The van der Waals surface area contributed by atoms with Gasteiger partial charge < -0.3 is 20.3 Å². The third-order valence-corrected chi connectivity index (χ3v) is 5.71. The fraction of sp³-hybridized carbons (Fsp3) is 0.429. The molecule has 0 bridgehead atoms. The molecule has 2 aliphatic heterocycles. The Balaban J connectivity index is 1.55. The number of piperidine rings is 1. The number of anilines is 3. The molecule has 1 unspecified atom stereocenters. The second-order valence-electron chi connectivity index (χ2n) is 7.32. The fourth-order valence-electron chi connectivity index (χ4n) is 4.32. The molecule has 5 heteroatoms. The van der Waals surface area contributed by atoms with Crippen molar-refractivity contribution < 1.29 is 9.13 Å². The molecule has 2 aromatic carbocycles. The molecule has 1 saturated heterocycles. The molecule has 1 fully saturated rings. The zero-order valence-corrected chi connectivity index (χ0v) is 15.4. The van der Waals surface area contributed by atoms with Crippen LogP contribution in [-0.4, -0.2) is 33.8 Å². The van der Waals surface area contributed by atoms with Gasteiger partial charge in [0.25, 0.3) is 0 Å². The lowest BCUT2D eigenvalue weighted by molar-refractivity contribution is 0.327. The summed E-state index contributed by atoms with van der Waals surface area (Å²) in [6.07, 6.45) is 2.51. The number of nitrogens with zero attached hydrogens (tertiary/aromatic N) is 1. The Morgan fingerprint density at radius 2 is 1.85 bits per heavy atom. The zero-order valence-electron chi connectivity index (χ0n) is 15.4.